The van der Waals surface area contributed by atoms with Crippen LogP contribution in [0.3, 0.4) is 0 Å². The van der Waals surface area contributed by atoms with Gasteiger partial charge in [0, 0.05) is 23.7 Å². The molecule has 2 amide bonds. The summed E-state index contributed by atoms with van der Waals surface area (Å²) in [7, 11) is 0. The van der Waals surface area contributed by atoms with Crippen molar-refractivity contribution in [2.24, 2.45) is 11.8 Å². The molecule has 0 bridgehead atoms. The number of nitrogens with one attached hydrogen (secondary N) is 2. The van der Waals surface area contributed by atoms with E-state index in [9.17, 15) is 19.5 Å². The zero-order valence-electron chi connectivity index (χ0n) is 20.1. The van der Waals surface area contributed by atoms with E-state index in [-0.39, 0.29) is 6.42 Å². The van der Waals surface area contributed by atoms with Gasteiger partial charge in [-0.1, -0.05) is 66.7 Å². The van der Waals surface area contributed by atoms with Crippen LogP contribution in [0.1, 0.15) is 36.0 Å². The van der Waals surface area contributed by atoms with Gasteiger partial charge in [-0.05, 0) is 49.6 Å². The molecule has 1 aliphatic rings. The number of hydrogen-bond donors (Lipinski definition) is 3. The summed E-state index contributed by atoms with van der Waals surface area (Å²) in [5.74, 6) is -4.32. The van der Waals surface area contributed by atoms with Gasteiger partial charge < -0.3 is 15.7 Å². The minimum atomic E-state index is -1.64. The third kappa shape index (κ3) is 5.03. The molecule has 3 aromatic carbocycles. The second kappa shape index (κ2) is 9.84. The lowest BCUT2D eigenvalue weighted by molar-refractivity contribution is -0.150. The van der Waals surface area contributed by atoms with E-state index in [0.717, 1.165) is 11.1 Å². The van der Waals surface area contributed by atoms with Crippen LogP contribution in [-0.4, -0.2) is 28.3 Å². The molecule has 1 fully saturated rings. The maximum Gasteiger partial charge on any atom is 0.235 e. The van der Waals surface area contributed by atoms with Crippen molar-refractivity contribution < 1.29 is 19.5 Å². The van der Waals surface area contributed by atoms with Crippen molar-refractivity contribution in [2.45, 2.75) is 38.7 Å². The van der Waals surface area contributed by atoms with E-state index in [4.69, 9.17) is 0 Å². The van der Waals surface area contributed by atoms with E-state index >= 15 is 0 Å². The molecule has 0 aliphatic heterocycles. The molecule has 4 rings (SSSR count). The van der Waals surface area contributed by atoms with Gasteiger partial charge in [-0.15, -0.1) is 0 Å². The van der Waals surface area contributed by atoms with Gasteiger partial charge in [-0.25, -0.2) is 0 Å². The molecule has 3 N–H and O–H groups in total. The molecular formula is C29H30N2O4. The molecule has 0 radical (unpaired) electrons. The largest absolute Gasteiger partial charge is 0.389 e. The van der Waals surface area contributed by atoms with Crippen LogP contribution in [0, 0.1) is 25.7 Å². The van der Waals surface area contributed by atoms with Crippen molar-refractivity contribution in [3.8, 4) is 0 Å². The molecular weight excluding hydrogens is 440 g/mol. The molecule has 1 aliphatic carbocycles. The summed E-state index contributed by atoms with van der Waals surface area (Å²) in [6, 6.07) is 23.7. The van der Waals surface area contributed by atoms with Crippen LogP contribution in [0.4, 0.5) is 11.4 Å². The van der Waals surface area contributed by atoms with Crippen LogP contribution in [0.2, 0.25) is 0 Å². The van der Waals surface area contributed by atoms with Gasteiger partial charge in [0.2, 0.25) is 11.8 Å². The molecule has 35 heavy (non-hydrogen) atoms. The number of carbonyl (C=O) groups is 3. The number of para-hydroxylation sites is 2. The Morgan fingerprint density at radius 3 is 1.83 bits per heavy atom. The van der Waals surface area contributed by atoms with Crippen LogP contribution < -0.4 is 10.6 Å². The number of amides is 2. The van der Waals surface area contributed by atoms with Crippen molar-refractivity contribution in [3.63, 3.8) is 0 Å². The molecule has 0 unspecified atom stereocenters. The summed E-state index contributed by atoms with van der Waals surface area (Å²) < 4.78 is 0. The predicted molar refractivity (Wildman–Crippen MR) is 136 cm³/mol. The van der Waals surface area contributed by atoms with E-state index in [1.54, 1.807) is 36.4 Å². The zero-order chi connectivity index (χ0) is 25.2. The van der Waals surface area contributed by atoms with Gasteiger partial charge in [0.05, 0.1) is 11.5 Å². The third-order valence-corrected chi connectivity index (χ3v) is 6.82. The van der Waals surface area contributed by atoms with Crippen LogP contribution >= 0.6 is 0 Å². The first-order valence-corrected chi connectivity index (χ1v) is 11.7. The second-order valence-electron chi connectivity index (χ2n) is 9.50. The van der Waals surface area contributed by atoms with E-state index in [2.05, 4.69) is 10.6 Å². The van der Waals surface area contributed by atoms with Gasteiger partial charge in [-0.2, -0.15) is 0 Å². The standard InChI is InChI=1S/C29H30N2O4/c1-18-11-7-9-15-21(18)30-27(33)25-23(32)17-29(3,35)26(24(25)20-13-5-4-6-14-20)28(34)31-22-16-10-8-12-19(22)2/h4-16,24-26,35H,17H2,1-3H3,(H,30,33)(H,31,34)/t24-,25-,26-,29+/m1/s1. The normalized spacial score (nSPS) is 24.0. The number of aliphatic hydroxyl groups is 1. The maximum atomic E-state index is 13.7. The molecule has 4 atom stereocenters. The Kier molecular flexibility index (Phi) is 6.85. The monoisotopic (exact) mass is 470 g/mol. The summed E-state index contributed by atoms with van der Waals surface area (Å²) in [5.41, 5.74) is 1.98. The molecule has 6 heteroatoms. The Morgan fingerprint density at radius 2 is 1.29 bits per heavy atom. The molecule has 180 valence electrons. The maximum absolute atomic E-state index is 13.7. The number of rotatable bonds is 5. The first-order valence-electron chi connectivity index (χ1n) is 11.7. The van der Waals surface area contributed by atoms with Gasteiger partial charge in [0.25, 0.3) is 0 Å². The van der Waals surface area contributed by atoms with Crippen LogP contribution in [-0.2, 0) is 14.4 Å². The van der Waals surface area contributed by atoms with Crippen molar-refractivity contribution in [3.05, 3.63) is 95.6 Å². The Hall–Kier alpha value is -3.77. The highest BCUT2D eigenvalue weighted by atomic mass is 16.3. The van der Waals surface area contributed by atoms with Crippen LogP contribution in [0.5, 0.6) is 0 Å². The molecule has 0 saturated heterocycles. The lowest BCUT2D eigenvalue weighted by atomic mass is 9.61. The first kappa shape index (κ1) is 24.4. The number of hydrogen-bond acceptors (Lipinski definition) is 4. The third-order valence-electron chi connectivity index (χ3n) is 6.82. The number of benzene rings is 3. The minimum absolute atomic E-state index is 0.298. The molecule has 0 aromatic heterocycles. The molecule has 3 aromatic rings. The molecule has 1 saturated carbocycles. The SMILES string of the molecule is Cc1ccccc1NC(=O)[C@@H]1C(=O)C[C@](C)(O)[C@@H](C(=O)Nc2ccccc2C)[C@@H]1c1ccccc1. The Bertz CT molecular complexity index is 1250. The second-order valence-corrected chi connectivity index (χ2v) is 9.50. The van der Waals surface area contributed by atoms with E-state index in [1.165, 1.54) is 6.92 Å². The number of carbonyl (C=O) groups excluding carboxylic acids is 3. The number of Topliss-reactive ketones (excluding diaryl/α,β-unsaturated/α-hetero) is 1. The van der Waals surface area contributed by atoms with Crippen LogP contribution in [0.25, 0.3) is 0 Å². The fraction of sp³-hybridized carbons (Fsp3) is 0.276. The summed E-state index contributed by atoms with van der Waals surface area (Å²) in [6.07, 6.45) is -0.298. The predicted octanol–water partition coefficient (Wildman–Crippen LogP) is 4.62. The lowest BCUT2D eigenvalue weighted by Gasteiger charge is -2.44. The van der Waals surface area contributed by atoms with E-state index < -0.39 is 41.0 Å². The summed E-state index contributed by atoms with van der Waals surface area (Å²) in [6.45, 7) is 5.25. The van der Waals surface area contributed by atoms with Crippen molar-refractivity contribution in [2.75, 3.05) is 10.6 Å². The molecule has 0 spiro atoms. The number of aryl methyl sites for hydroxylation is 2. The quantitative estimate of drug-likeness (QED) is 0.474. The summed E-state index contributed by atoms with van der Waals surface area (Å²) in [4.78, 5) is 40.6. The van der Waals surface area contributed by atoms with Crippen molar-refractivity contribution in [1.82, 2.24) is 0 Å². The van der Waals surface area contributed by atoms with Gasteiger partial charge in [0.15, 0.2) is 0 Å². The summed E-state index contributed by atoms with van der Waals surface area (Å²) in [5, 5.41) is 17.2. The van der Waals surface area contributed by atoms with Gasteiger partial charge in [-0.3, -0.25) is 14.4 Å². The highest BCUT2D eigenvalue weighted by Gasteiger charge is 2.55. The Labute approximate surface area is 205 Å². The average Bonchev–Trinajstić information content (AvgIpc) is 2.81. The van der Waals surface area contributed by atoms with Gasteiger partial charge in [0.1, 0.15) is 11.7 Å². The van der Waals surface area contributed by atoms with E-state index in [0.29, 0.717) is 16.9 Å². The zero-order valence-corrected chi connectivity index (χ0v) is 20.1. The fourth-order valence-corrected chi connectivity index (χ4v) is 5.01. The molecule has 6 nitrogen and oxygen atoms in total. The lowest BCUT2D eigenvalue weighted by Crippen LogP contribution is -2.56. The highest BCUT2D eigenvalue weighted by molar-refractivity contribution is 6.10. The van der Waals surface area contributed by atoms with Gasteiger partial charge >= 0.3 is 0 Å². The highest BCUT2D eigenvalue weighted by Crippen LogP contribution is 2.46. The Balaban J connectivity index is 1.76. The van der Waals surface area contributed by atoms with E-state index in [1.807, 2.05) is 56.3 Å². The number of anilines is 2. The summed E-state index contributed by atoms with van der Waals surface area (Å²) >= 11 is 0. The first-order chi connectivity index (χ1) is 16.7. The average molecular weight is 471 g/mol. The minimum Gasteiger partial charge on any atom is -0.389 e. The fourth-order valence-electron chi connectivity index (χ4n) is 5.01. The van der Waals surface area contributed by atoms with Crippen molar-refractivity contribution >= 4 is 29.0 Å². The van der Waals surface area contributed by atoms with Crippen LogP contribution in [0.15, 0.2) is 78.9 Å². The van der Waals surface area contributed by atoms with Crippen molar-refractivity contribution in [1.29, 1.82) is 0 Å². The Morgan fingerprint density at radius 1 is 0.800 bits per heavy atom. The number of ketones is 1. The molecule has 0 heterocycles. The smallest absolute Gasteiger partial charge is 0.235 e. The topological polar surface area (TPSA) is 95.5 Å².